The zero-order valence-corrected chi connectivity index (χ0v) is 24.3. The summed E-state index contributed by atoms with van der Waals surface area (Å²) in [4.78, 5) is 0. The lowest BCUT2D eigenvalue weighted by Crippen LogP contribution is -2.37. The van der Waals surface area contributed by atoms with Crippen molar-refractivity contribution < 1.29 is 18.7 Å². The first-order valence-corrected chi connectivity index (χ1v) is 15.8. The van der Waals surface area contributed by atoms with Crippen LogP contribution >= 0.6 is 7.60 Å². The monoisotopic (exact) mass is 506 g/mol. The third kappa shape index (κ3) is 7.22. The van der Waals surface area contributed by atoms with Gasteiger partial charge < -0.3 is 14.2 Å². The van der Waals surface area contributed by atoms with Gasteiger partial charge in [0.25, 0.3) is 0 Å². The molecule has 0 bridgehead atoms. The standard InChI is InChI=1S/C30H51O4P/c1-19(2)24-11-13-25(14-12-24)30(31)35(32,33-28-17-22(7)9-15-26(28)20(3)4)34-29-18-23(8)10-16-27(29)21(5)6/h11-14,19-23,26-31H,9-10,15-18H2,1-8H3. The Morgan fingerprint density at radius 1 is 0.743 bits per heavy atom. The molecule has 35 heavy (non-hydrogen) atoms. The Morgan fingerprint density at radius 2 is 1.14 bits per heavy atom. The molecule has 2 fully saturated rings. The van der Waals surface area contributed by atoms with Crippen LogP contribution in [0.5, 0.6) is 0 Å². The first-order chi connectivity index (χ1) is 16.4. The van der Waals surface area contributed by atoms with Gasteiger partial charge in [-0.1, -0.05) is 92.5 Å². The molecule has 2 aliphatic carbocycles. The largest absolute Gasteiger partial charge is 0.376 e. The molecule has 0 spiro atoms. The van der Waals surface area contributed by atoms with Crippen molar-refractivity contribution in [2.75, 3.05) is 0 Å². The van der Waals surface area contributed by atoms with Crippen molar-refractivity contribution in [1.29, 1.82) is 0 Å². The average Bonchev–Trinajstić information content (AvgIpc) is 2.78. The summed E-state index contributed by atoms with van der Waals surface area (Å²) in [5, 5.41) is 11.6. The van der Waals surface area contributed by atoms with Crippen molar-refractivity contribution in [1.82, 2.24) is 0 Å². The van der Waals surface area contributed by atoms with Crippen LogP contribution in [-0.4, -0.2) is 17.3 Å². The third-order valence-electron chi connectivity index (χ3n) is 8.69. The van der Waals surface area contributed by atoms with E-state index >= 15 is 0 Å². The molecule has 0 amide bonds. The van der Waals surface area contributed by atoms with E-state index in [1.165, 1.54) is 18.4 Å². The number of aliphatic hydroxyl groups excluding tert-OH is 1. The molecule has 7 atom stereocenters. The topological polar surface area (TPSA) is 55.8 Å². The summed E-state index contributed by atoms with van der Waals surface area (Å²) in [5.41, 5.74) is 1.81. The minimum Gasteiger partial charge on any atom is -0.376 e. The number of rotatable bonds is 9. The van der Waals surface area contributed by atoms with Crippen LogP contribution in [0, 0.1) is 35.5 Å². The van der Waals surface area contributed by atoms with Crippen LogP contribution < -0.4 is 0 Å². The van der Waals surface area contributed by atoms with Crippen molar-refractivity contribution in [2.24, 2.45) is 35.5 Å². The quantitative estimate of drug-likeness (QED) is 0.340. The molecule has 1 aromatic carbocycles. The maximum atomic E-state index is 14.7. The summed E-state index contributed by atoms with van der Waals surface area (Å²) in [5.74, 6) is 1.66. The van der Waals surface area contributed by atoms with Gasteiger partial charge in [0.15, 0.2) is 5.85 Å². The van der Waals surface area contributed by atoms with Gasteiger partial charge in [-0.05, 0) is 78.2 Å². The molecule has 0 radical (unpaired) electrons. The van der Waals surface area contributed by atoms with Gasteiger partial charge in [0.2, 0.25) is 0 Å². The van der Waals surface area contributed by atoms with Gasteiger partial charge in [-0.2, -0.15) is 0 Å². The number of hydrogen-bond acceptors (Lipinski definition) is 4. The summed E-state index contributed by atoms with van der Waals surface area (Å²) < 4.78 is 27.9. The maximum Gasteiger partial charge on any atom is 0.363 e. The van der Waals surface area contributed by atoms with E-state index in [1.807, 2.05) is 24.3 Å². The van der Waals surface area contributed by atoms with Gasteiger partial charge in [0.1, 0.15) is 0 Å². The minimum absolute atomic E-state index is 0.160. The molecule has 2 aliphatic rings. The van der Waals surface area contributed by atoms with Crippen molar-refractivity contribution in [3.8, 4) is 0 Å². The molecule has 200 valence electrons. The third-order valence-corrected chi connectivity index (χ3v) is 10.7. The van der Waals surface area contributed by atoms with Crippen LogP contribution in [0.15, 0.2) is 24.3 Å². The Kier molecular flexibility index (Phi) is 10.1. The molecule has 0 aromatic heterocycles. The van der Waals surface area contributed by atoms with E-state index in [1.54, 1.807) is 0 Å². The smallest absolute Gasteiger partial charge is 0.363 e. The molecule has 1 aromatic rings. The lowest BCUT2D eigenvalue weighted by molar-refractivity contribution is -0.0153. The molecule has 0 heterocycles. The molecule has 0 saturated heterocycles. The van der Waals surface area contributed by atoms with Crippen molar-refractivity contribution in [3.63, 3.8) is 0 Å². The zero-order chi connectivity index (χ0) is 25.9. The predicted octanol–water partition coefficient (Wildman–Crippen LogP) is 8.95. The van der Waals surface area contributed by atoms with E-state index in [4.69, 9.17) is 9.05 Å². The van der Waals surface area contributed by atoms with E-state index in [9.17, 15) is 9.67 Å². The zero-order valence-electron chi connectivity index (χ0n) is 23.4. The van der Waals surface area contributed by atoms with Crippen LogP contribution in [0.3, 0.4) is 0 Å². The highest BCUT2D eigenvalue weighted by atomic mass is 31.2. The first-order valence-electron chi connectivity index (χ1n) is 14.2. The second-order valence-electron chi connectivity index (χ2n) is 12.7. The SMILES string of the molecule is CC1CCC(C(C)C)C(OP(=O)(OC2CC(C)CCC2C(C)C)C(O)c2ccc(C(C)C)cc2)C1. The summed E-state index contributed by atoms with van der Waals surface area (Å²) in [6, 6.07) is 7.83. The van der Waals surface area contributed by atoms with Gasteiger partial charge in [-0.15, -0.1) is 0 Å². The van der Waals surface area contributed by atoms with Gasteiger partial charge in [0.05, 0.1) is 12.2 Å². The molecule has 2 saturated carbocycles. The fourth-order valence-electron chi connectivity index (χ4n) is 6.23. The van der Waals surface area contributed by atoms with Crippen LogP contribution in [0.2, 0.25) is 0 Å². The fraction of sp³-hybridized carbons (Fsp3) is 0.800. The van der Waals surface area contributed by atoms with Crippen LogP contribution in [-0.2, 0) is 13.6 Å². The highest BCUT2D eigenvalue weighted by Crippen LogP contribution is 2.64. The Hall–Kier alpha value is -0.670. The summed E-state index contributed by atoms with van der Waals surface area (Å²) in [7, 11) is -3.86. The second kappa shape index (κ2) is 12.2. The molecule has 1 N–H and O–H groups in total. The summed E-state index contributed by atoms with van der Waals surface area (Å²) in [6.45, 7) is 17.7. The maximum absolute atomic E-state index is 14.7. The first kappa shape index (κ1) is 28.9. The number of hydrogen-bond donors (Lipinski definition) is 1. The summed E-state index contributed by atoms with van der Waals surface area (Å²) in [6.07, 6.45) is 5.88. The Labute approximate surface area is 215 Å². The van der Waals surface area contributed by atoms with E-state index in [0.717, 1.165) is 25.7 Å². The summed E-state index contributed by atoms with van der Waals surface area (Å²) >= 11 is 0. The van der Waals surface area contributed by atoms with E-state index in [0.29, 0.717) is 47.0 Å². The Morgan fingerprint density at radius 3 is 1.51 bits per heavy atom. The van der Waals surface area contributed by atoms with Gasteiger partial charge in [-0.3, -0.25) is 4.57 Å². The highest BCUT2D eigenvalue weighted by Gasteiger charge is 2.46. The molecule has 7 unspecified atom stereocenters. The van der Waals surface area contributed by atoms with E-state index < -0.39 is 13.4 Å². The van der Waals surface area contributed by atoms with Gasteiger partial charge in [-0.25, -0.2) is 0 Å². The second-order valence-corrected chi connectivity index (χ2v) is 14.7. The average molecular weight is 507 g/mol. The normalized spacial score (nSPS) is 32.7. The van der Waals surface area contributed by atoms with Crippen LogP contribution in [0.4, 0.5) is 0 Å². The number of benzene rings is 1. The predicted molar refractivity (Wildman–Crippen MR) is 146 cm³/mol. The molecule has 4 nitrogen and oxygen atoms in total. The highest BCUT2D eigenvalue weighted by molar-refractivity contribution is 7.54. The van der Waals surface area contributed by atoms with E-state index in [2.05, 4.69) is 55.4 Å². The molecule has 0 aliphatic heterocycles. The fourth-order valence-corrected chi connectivity index (χ4v) is 8.28. The van der Waals surface area contributed by atoms with Crippen molar-refractivity contribution in [3.05, 3.63) is 35.4 Å². The Bertz CT molecular complexity index is 795. The lowest BCUT2D eigenvalue weighted by atomic mass is 9.75. The molecule has 3 rings (SSSR count). The van der Waals surface area contributed by atoms with Gasteiger partial charge in [0, 0.05) is 0 Å². The van der Waals surface area contributed by atoms with Gasteiger partial charge >= 0.3 is 7.60 Å². The van der Waals surface area contributed by atoms with E-state index in [-0.39, 0.29) is 12.2 Å². The lowest BCUT2D eigenvalue weighted by Gasteiger charge is -2.42. The molecular formula is C30H51O4P. The molecular weight excluding hydrogens is 455 g/mol. The van der Waals surface area contributed by atoms with Crippen LogP contribution in [0.1, 0.15) is 117 Å². The molecule has 5 heteroatoms. The van der Waals surface area contributed by atoms with Crippen LogP contribution in [0.25, 0.3) is 0 Å². The van der Waals surface area contributed by atoms with Crippen molar-refractivity contribution >= 4 is 7.60 Å². The number of aliphatic hydroxyl groups is 1. The Balaban J connectivity index is 1.95. The van der Waals surface area contributed by atoms with Crippen molar-refractivity contribution in [2.45, 2.75) is 118 Å². The minimum atomic E-state index is -3.86.